The van der Waals surface area contributed by atoms with E-state index in [9.17, 15) is 9.59 Å². The number of aromatic carboxylic acids is 1. The van der Waals surface area contributed by atoms with Gasteiger partial charge in [-0.05, 0) is 29.8 Å². The molecule has 124 valence electrons. The Bertz CT molecular complexity index is 708. The lowest BCUT2D eigenvalue weighted by molar-refractivity contribution is 0.00867. The van der Waals surface area contributed by atoms with Crippen molar-refractivity contribution in [1.82, 2.24) is 4.90 Å². The number of rotatable bonds is 5. The molecule has 0 atom stereocenters. The molecule has 6 heteroatoms. The van der Waals surface area contributed by atoms with Gasteiger partial charge in [-0.3, -0.25) is 0 Å². The molecule has 1 aliphatic heterocycles. The molecular formula is C18H17NO5. The lowest BCUT2D eigenvalue weighted by atomic mass is 10.1. The Morgan fingerprint density at radius 1 is 1.04 bits per heavy atom. The van der Waals surface area contributed by atoms with Crippen LogP contribution in [0.2, 0.25) is 0 Å². The normalized spacial score (nSPS) is 13.9. The van der Waals surface area contributed by atoms with Crippen molar-refractivity contribution in [3.05, 3.63) is 65.7 Å². The minimum absolute atomic E-state index is 0.107. The predicted octanol–water partition coefficient (Wildman–Crippen LogP) is 2.78. The first-order valence-electron chi connectivity index (χ1n) is 7.57. The van der Waals surface area contributed by atoms with E-state index in [1.54, 1.807) is 17.0 Å². The molecule has 1 N–H and O–H groups in total. The van der Waals surface area contributed by atoms with Gasteiger partial charge in [-0.25, -0.2) is 9.59 Å². The Kier molecular flexibility index (Phi) is 4.65. The van der Waals surface area contributed by atoms with Gasteiger partial charge < -0.3 is 19.5 Å². The van der Waals surface area contributed by atoms with Crippen LogP contribution in [0, 0.1) is 0 Å². The fourth-order valence-electron chi connectivity index (χ4n) is 2.34. The second kappa shape index (κ2) is 7.04. The second-order valence-electron chi connectivity index (χ2n) is 5.51. The number of ether oxygens (including phenoxy) is 2. The SMILES string of the molecule is O=C(O)c1ccc(OC2CN(C(=O)OCc3ccccc3)C2)cc1. The molecule has 0 radical (unpaired) electrons. The van der Waals surface area contributed by atoms with Gasteiger partial charge in [-0.1, -0.05) is 30.3 Å². The van der Waals surface area contributed by atoms with Gasteiger partial charge in [-0.15, -0.1) is 0 Å². The first-order valence-corrected chi connectivity index (χ1v) is 7.57. The molecule has 0 aromatic heterocycles. The van der Waals surface area contributed by atoms with Gasteiger partial charge in [0.2, 0.25) is 0 Å². The van der Waals surface area contributed by atoms with Crippen LogP contribution in [-0.2, 0) is 11.3 Å². The average molecular weight is 327 g/mol. The van der Waals surface area contributed by atoms with E-state index in [2.05, 4.69) is 0 Å². The number of carboxylic acids is 1. The molecular weight excluding hydrogens is 310 g/mol. The molecule has 1 aliphatic rings. The fourth-order valence-corrected chi connectivity index (χ4v) is 2.34. The monoisotopic (exact) mass is 327 g/mol. The molecule has 0 saturated carbocycles. The van der Waals surface area contributed by atoms with Gasteiger partial charge in [0.15, 0.2) is 0 Å². The summed E-state index contributed by atoms with van der Waals surface area (Å²) >= 11 is 0. The Labute approximate surface area is 139 Å². The molecule has 24 heavy (non-hydrogen) atoms. The van der Waals surface area contributed by atoms with Gasteiger partial charge in [0.25, 0.3) is 0 Å². The molecule has 3 rings (SSSR count). The molecule has 0 bridgehead atoms. The summed E-state index contributed by atoms with van der Waals surface area (Å²) in [6, 6.07) is 15.7. The van der Waals surface area contributed by atoms with E-state index in [0.29, 0.717) is 18.8 Å². The van der Waals surface area contributed by atoms with Crippen molar-refractivity contribution in [2.75, 3.05) is 13.1 Å². The number of carbonyl (C=O) groups excluding carboxylic acids is 1. The first kappa shape index (κ1) is 15.9. The summed E-state index contributed by atoms with van der Waals surface area (Å²) in [5, 5.41) is 8.84. The quantitative estimate of drug-likeness (QED) is 0.914. The third kappa shape index (κ3) is 3.84. The predicted molar refractivity (Wildman–Crippen MR) is 86.0 cm³/mol. The number of hydrogen-bond acceptors (Lipinski definition) is 4. The topological polar surface area (TPSA) is 76.1 Å². The highest BCUT2D eigenvalue weighted by molar-refractivity contribution is 5.87. The lowest BCUT2D eigenvalue weighted by Gasteiger charge is -2.38. The van der Waals surface area contributed by atoms with E-state index in [4.69, 9.17) is 14.6 Å². The van der Waals surface area contributed by atoms with Gasteiger partial charge in [0.05, 0.1) is 18.7 Å². The number of likely N-dealkylation sites (tertiary alicyclic amines) is 1. The second-order valence-corrected chi connectivity index (χ2v) is 5.51. The minimum Gasteiger partial charge on any atom is -0.487 e. The Balaban J connectivity index is 1.42. The van der Waals surface area contributed by atoms with E-state index in [0.717, 1.165) is 5.56 Å². The zero-order valence-electron chi connectivity index (χ0n) is 12.9. The summed E-state index contributed by atoms with van der Waals surface area (Å²) in [6.07, 6.45) is -0.468. The highest BCUT2D eigenvalue weighted by atomic mass is 16.6. The maximum absolute atomic E-state index is 11.9. The molecule has 1 amide bonds. The standard InChI is InChI=1S/C18H17NO5/c20-17(21)14-6-8-15(9-7-14)24-16-10-19(11-16)18(22)23-12-13-4-2-1-3-5-13/h1-9,16H,10-12H2,(H,20,21). The number of nitrogens with zero attached hydrogens (tertiary/aromatic N) is 1. The smallest absolute Gasteiger partial charge is 0.410 e. The van der Waals surface area contributed by atoms with Crippen LogP contribution in [0.5, 0.6) is 5.75 Å². The van der Waals surface area contributed by atoms with Crippen molar-refractivity contribution in [3.8, 4) is 5.75 Å². The molecule has 0 spiro atoms. The number of hydrogen-bond donors (Lipinski definition) is 1. The first-order chi connectivity index (χ1) is 11.6. The fraction of sp³-hybridized carbons (Fsp3) is 0.222. The number of benzene rings is 2. The van der Waals surface area contributed by atoms with Crippen LogP contribution in [0.1, 0.15) is 15.9 Å². The molecule has 0 aliphatic carbocycles. The number of carbonyl (C=O) groups is 2. The molecule has 2 aromatic rings. The van der Waals surface area contributed by atoms with E-state index < -0.39 is 5.97 Å². The summed E-state index contributed by atoms with van der Waals surface area (Å²) in [4.78, 5) is 24.3. The third-order valence-corrected chi connectivity index (χ3v) is 3.72. The summed E-state index contributed by atoms with van der Waals surface area (Å²) in [6.45, 7) is 1.15. The van der Waals surface area contributed by atoms with Crippen LogP contribution in [0.3, 0.4) is 0 Å². The number of amides is 1. The van der Waals surface area contributed by atoms with Crippen molar-refractivity contribution in [3.63, 3.8) is 0 Å². The van der Waals surface area contributed by atoms with Gasteiger partial charge >= 0.3 is 12.1 Å². The molecule has 1 heterocycles. The summed E-state index contributed by atoms with van der Waals surface area (Å²) < 4.78 is 10.9. The largest absolute Gasteiger partial charge is 0.487 e. The van der Waals surface area contributed by atoms with Crippen LogP contribution < -0.4 is 4.74 Å². The van der Waals surface area contributed by atoms with Gasteiger partial charge in [-0.2, -0.15) is 0 Å². The van der Waals surface area contributed by atoms with Crippen LogP contribution in [-0.4, -0.2) is 41.3 Å². The summed E-state index contributed by atoms with van der Waals surface area (Å²) in [7, 11) is 0. The highest BCUT2D eigenvalue weighted by Crippen LogP contribution is 2.19. The van der Waals surface area contributed by atoms with E-state index >= 15 is 0 Å². The van der Waals surface area contributed by atoms with Crippen LogP contribution in [0.4, 0.5) is 4.79 Å². The molecule has 2 aromatic carbocycles. The highest BCUT2D eigenvalue weighted by Gasteiger charge is 2.33. The van der Waals surface area contributed by atoms with Gasteiger partial charge in [0.1, 0.15) is 18.5 Å². The van der Waals surface area contributed by atoms with Crippen LogP contribution in [0.25, 0.3) is 0 Å². The zero-order chi connectivity index (χ0) is 16.9. The van der Waals surface area contributed by atoms with Crippen LogP contribution >= 0.6 is 0 Å². The van der Waals surface area contributed by atoms with Crippen molar-refractivity contribution < 1.29 is 24.2 Å². The molecule has 1 saturated heterocycles. The van der Waals surface area contributed by atoms with Crippen LogP contribution in [0.15, 0.2) is 54.6 Å². The Morgan fingerprint density at radius 3 is 2.33 bits per heavy atom. The van der Waals surface area contributed by atoms with E-state index in [1.807, 2.05) is 30.3 Å². The Morgan fingerprint density at radius 2 is 1.71 bits per heavy atom. The van der Waals surface area contributed by atoms with Gasteiger partial charge in [0, 0.05) is 0 Å². The third-order valence-electron chi connectivity index (χ3n) is 3.72. The zero-order valence-corrected chi connectivity index (χ0v) is 12.9. The Hall–Kier alpha value is -3.02. The number of carboxylic acid groups (broad SMARTS) is 1. The summed E-state index contributed by atoms with van der Waals surface area (Å²) in [5.41, 5.74) is 1.15. The van der Waals surface area contributed by atoms with Crippen molar-refractivity contribution in [1.29, 1.82) is 0 Å². The molecule has 6 nitrogen and oxygen atoms in total. The molecule has 0 unspecified atom stereocenters. The molecule has 1 fully saturated rings. The lowest BCUT2D eigenvalue weighted by Crippen LogP contribution is -2.56. The maximum Gasteiger partial charge on any atom is 0.410 e. The van der Waals surface area contributed by atoms with E-state index in [1.165, 1.54) is 12.1 Å². The van der Waals surface area contributed by atoms with E-state index in [-0.39, 0.29) is 24.4 Å². The van der Waals surface area contributed by atoms with Crippen molar-refractivity contribution in [2.24, 2.45) is 0 Å². The average Bonchev–Trinajstić information content (AvgIpc) is 2.57. The maximum atomic E-state index is 11.9. The minimum atomic E-state index is -0.975. The van der Waals surface area contributed by atoms with Crippen molar-refractivity contribution in [2.45, 2.75) is 12.7 Å². The summed E-state index contributed by atoms with van der Waals surface area (Å²) in [5.74, 6) is -0.389. The van der Waals surface area contributed by atoms with Crippen molar-refractivity contribution >= 4 is 12.1 Å².